The minimum absolute atomic E-state index is 0.440. The zero-order chi connectivity index (χ0) is 13.9. The molecule has 0 spiro atoms. The summed E-state index contributed by atoms with van der Waals surface area (Å²) in [5.74, 6) is 0. The van der Waals surface area contributed by atoms with E-state index in [1.54, 1.807) is 12.1 Å². The van der Waals surface area contributed by atoms with Crippen LogP contribution in [0.2, 0.25) is 0 Å². The molecule has 0 aliphatic carbocycles. The van der Waals surface area contributed by atoms with E-state index >= 15 is 0 Å². The number of β-amino-alcohol motifs (C(OH)–C–C–N with tert-alkyl or cyclic N) is 1. The molecule has 102 valence electrons. The third kappa shape index (κ3) is 3.79. The number of benzene rings is 1. The number of nitrogens with zero attached hydrogens (tertiary/aromatic N) is 2. The SMILES string of the molecule is CC1(C)CCN(CC(O)c2ccc(C#N)cc2)CC1. The predicted molar refractivity (Wildman–Crippen MR) is 75.6 cm³/mol. The average molecular weight is 258 g/mol. The van der Waals surface area contributed by atoms with Gasteiger partial charge in [-0.1, -0.05) is 26.0 Å². The summed E-state index contributed by atoms with van der Waals surface area (Å²) in [6, 6.07) is 9.30. The Morgan fingerprint density at radius 3 is 2.37 bits per heavy atom. The molecule has 1 aromatic carbocycles. The highest BCUT2D eigenvalue weighted by Crippen LogP contribution is 2.30. The highest BCUT2D eigenvalue weighted by molar-refractivity contribution is 5.32. The Labute approximate surface area is 115 Å². The maximum absolute atomic E-state index is 10.2. The van der Waals surface area contributed by atoms with E-state index in [4.69, 9.17) is 5.26 Å². The average Bonchev–Trinajstić information content (AvgIpc) is 2.41. The van der Waals surface area contributed by atoms with Crippen molar-refractivity contribution in [1.29, 1.82) is 5.26 Å². The molecule has 1 saturated heterocycles. The smallest absolute Gasteiger partial charge is 0.0991 e. The number of hydrogen-bond donors (Lipinski definition) is 1. The Kier molecular flexibility index (Phi) is 4.24. The second-order valence-electron chi connectivity index (χ2n) is 6.21. The van der Waals surface area contributed by atoms with Crippen molar-refractivity contribution >= 4 is 0 Å². The van der Waals surface area contributed by atoms with Crippen molar-refractivity contribution in [2.75, 3.05) is 19.6 Å². The van der Waals surface area contributed by atoms with Crippen LogP contribution in [0.5, 0.6) is 0 Å². The molecule has 1 atom stereocenters. The van der Waals surface area contributed by atoms with Crippen LogP contribution in [-0.4, -0.2) is 29.6 Å². The largest absolute Gasteiger partial charge is 0.387 e. The molecule has 1 aromatic rings. The second kappa shape index (κ2) is 5.73. The Balaban J connectivity index is 1.90. The van der Waals surface area contributed by atoms with Crippen LogP contribution in [0, 0.1) is 16.7 Å². The summed E-state index contributed by atoms with van der Waals surface area (Å²) in [4.78, 5) is 2.33. The summed E-state index contributed by atoms with van der Waals surface area (Å²) in [5.41, 5.74) is 1.97. The molecule has 1 aliphatic heterocycles. The van der Waals surface area contributed by atoms with Crippen LogP contribution < -0.4 is 0 Å². The number of aliphatic hydroxyl groups excluding tert-OH is 1. The van der Waals surface area contributed by atoms with Gasteiger partial charge in [-0.2, -0.15) is 5.26 Å². The maximum Gasteiger partial charge on any atom is 0.0991 e. The van der Waals surface area contributed by atoms with E-state index in [0.717, 1.165) is 18.7 Å². The van der Waals surface area contributed by atoms with Crippen molar-refractivity contribution in [1.82, 2.24) is 4.90 Å². The maximum atomic E-state index is 10.2. The number of piperidine rings is 1. The predicted octanol–water partition coefficient (Wildman–Crippen LogP) is 2.71. The quantitative estimate of drug-likeness (QED) is 0.906. The molecule has 1 N–H and O–H groups in total. The summed E-state index contributed by atoms with van der Waals surface area (Å²) in [5, 5.41) is 19.0. The molecular formula is C16H22N2O. The van der Waals surface area contributed by atoms with Crippen molar-refractivity contribution < 1.29 is 5.11 Å². The molecule has 1 aliphatic rings. The van der Waals surface area contributed by atoms with Gasteiger partial charge in [0.1, 0.15) is 0 Å². The number of likely N-dealkylation sites (tertiary alicyclic amines) is 1. The first-order chi connectivity index (χ1) is 9.00. The van der Waals surface area contributed by atoms with Crippen molar-refractivity contribution in [3.63, 3.8) is 0 Å². The molecular weight excluding hydrogens is 236 g/mol. The van der Waals surface area contributed by atoms with E-state index in [1.807, 2.05) is 12.1 Å². The van der Waals surface area contributed by atoms with Gasteiger partial charge in [-0.25, -0.2) is 0 Å². The van der Waals surface area contributed by atoms with Crippen molar-refractivity contribution in [3.8, 4) is 6.07 Å². The number of aliphatic hydroxyl groups is 1. The third-order valence-electron chi connectivity index (χ3n) is 4.07. The van der Waals surface area contributed by atoms with E-state index in [2.05, 4.69) is 24.8 Å². The lowest BCUT2D eigenvalue weighted by molar-refractivity contribution is 0.0703. The van der Waals surface area contributed by atoms with Crippen LogP contribution in [0.1, 0.15) is 43.9 Å². The Morgan fingerprint density at radius 1 is 1.26 bits per heavy atom. The van der Waals surface area contributed by atoms with Crippen LogP contribution in [0.25, 0.3) is 0 Å². The molecule has 1 unspecified atom stereocenters. The normalized spacial score (nSPS) is 20.7. The van der Waals surface area contributed by atoms with Crippen LogP contribution in [0.3, 0.4) is 0 Å². The Hall–Kier alpha value is -1.37. The Bertz CT molecular complexity index is 449. The Morgan fingerprint density at radius 2 is 1.84 bits per heavy atom. The monoisotopic (exact) mass is 258 g/mol. The lowest BCUT2D eigenvalue weighted by Gasteiger charge is -2.37. The first-order valence-electron chi connectivity index (χ1n) is 6.91. The second-order valence-corrected chi connectivity index (χ2v) is 6.21. The molecule has 0 bridgehead atoms. The first-order valence-corrected chi connectivity index (χ1v) is 6.91. The summed E-state index contributed by atoms with van der Waals surface area (Å²) in [6.07, 6.45) is 1.91. The van der Waals surface area contributed by atoms with Crippen LogP contribution in [0.15, 0.2) is 24.3 Å². The van der Waals surface area contributed by atoms with Gasteiger partial charge in [0.25, 0.3) is 0 Å². The lowest BCUT2D eigenvalue weighted by Crippen LogP contribution is -2.39. The van der Waals surface area contributed by atoms with Gasteiger partial charge in [0.05, 0.1) is 17.7 Å². The van der Waals surface area contributed by atoms with E-state index < -0.39 is 6.10 Å². The minimum Gasteiger partial charge on any atom is -0.387 e. The highest BCUT2D eigenvalue weighted by atomic mass is 16.3. The van der Waals surface area contributed by atoms with Gasteiger partial charge in [-0.3, -0.25) is 0 Å². The topological polar surface area (TPSA) is 47.3 Å². The van der Waals surface area contributed by atoms with E-state index in [-0.39, 0.29) is 0 Å². The standard InChI is InChI=1S/C16H22N2O/c1-16(2)7-9-18(10-8-16)12-15(19)14-5-3-13(11-17)4-6-14/h3-6,15,19H,7-10,12H2,1-2H3. The fraction of sp³-hybridized carbons (Fsp3) is 0.562. The van der Waals surface area contributed by atoms with Gasteiger partial charge in [0.2, 0.25) is 0 Å². The van der Waals surface area contributed by atoms with Gasteiger partial charge in [0.15, 0.2) is 0 Å². The van der Waals surface area contributed by atoms with Crippen molar-refractivity contribution in [2.24, 2.45) is 5.41 Å². The van der Waals surface area contributed by atoms with Gasteiger partial charge in [0, 0.05) is 6.54 Å². The summed E-state index contributed by atoms with van der Waals surface area (Å²) in [7, 11) is 0. The van der Waals surface area contributed by atoms with Crippen molar-refractivity contribution in [3.05, 3.63) is 35.4 Å². The molecule has 0 amide bonds. The van der Waals surface area contributed by atoms with Crippen LogP contribution in [0.4, 0.5) is 0 Å². The zero-order valence-electron chi connectivity index (χ0n) is 11.8. The first kappa shape index (κ1) is 14.0. The van der Waals surface area contributed by atoms with Gasteiger partial charge >= 0.3 is 0 Å². The number of hydrogen-bond acceptors (Lipinski definition) is 3. The molecule has 3 heteroatoms. The van der Waals surface area contributed by atoms with Gasteiger partial charge < -0.3 is 10.0 Å². The fourth-order valence-electron chi connectivity index (χ4n) is 2.47. The minimum atomic E-state index is -0.464. The van der Waals surface area contributed by atoms with Crippen LogP contribution >= 0.6 is 0 Å². The van der Waals surface area contributed by atoms with Crippen molar-refractivity contribution in [2.45, 2.75) is 32.8 Å². The molecule has 3 nitrogen and oxygen atoms in total. The molecule has 1 fully saturated rings. The summed E-state index contributed by atoms with van der Waals surface area (Å²) < 4.78 is 0. The molecule has 1 heterocycles. The van der Waals surface area contributed by atoms with E-state index in [1.165, 1.54) is 12.8 Å². The third-order valence-corrected chi connectivity index (χ3v) is 4.07. The van der Waals surface area contributed by atoms with E-state index in [0.29, 0.717) is 17.5 Å². The molecule has 19 heavy (non-hydrogen) atoms. The molecule has 0 radical (unpaired) electrons. The van der Waals surface area contributed by atoms with Crippen LogP contribution in [-0.2, 0) is 0 Å². The zero-order valence-corrected chi connectivity index (χ0v) is 11.8. The summed E-state index contributed by atoms with van der Waals surface area (Å²) >= 11 is 0. The summed E-state index contributed by atoms with van der Waals surface area (Å²) in [6.45, 7) is 7.41. The fourth-order valence-corrected chi connectivity index (χ4v) is 2.47. The van der Waals surface area contributed by atoms with E-state index in [9.17, 15) is 5.11 Å². The molecule has 0 aromatic heterocycles. The number of nitriles is 1. The molecule has 2 rings (SSSR count). The van der Waals surface area contributed by atoms with Gasteiger partial charge in [-0.15, -0.1) is 0 Å². The number of rotatable bonds is 3. The molecule has 0 saturated carbocycles. The van der Waals surface area contributed by atoms with Gasteiger partial charge in [-0.05, 0) is 49.0 Å². The lowest BCUT2D eigenvalue weighted by atomic mass is 9.82. The highest BCUT2D eigenvalue weighted by Gasteiger charge is 2.26.